The number of rotatable bonds is 8. The Balaban J connectivity index is 1.64. The van der Waals surface area contributed by atoms with Gasteiger partial charge in [0.2, 0.25) is 0 Å². The molecule has 2 aromatic rings. The van der Waals surface area contributed by atoms with E-state index < -0.39 is 11.9 Å². The largest absolute Gasteiger partial charge is 0.492 e. The van der Waals surface area contributed by atoms with Crippen molar-refractivity contribution in [3.63, 3.8) is 0 Å². The van der Waals surface area contributed by atoms with Crippen LogP contribution in [0.3, 0.4) is 0 Å². The summed E-state index contributed by atoms with van der Waals surface area (Å²) in [4.78, 5) is 23.4. The minimum Gasteiger partial charge on any atom is -0.492 e. The lowest BCUT2D eigenvalue weighted by molar-refractivity contribution is -0.124. The highest BCUT2D eigenvalue weighted by Gasteiger charge is 2.09. The number of carbonyl (C=O) groups excluding carboxylic acids is 2. The van der Waals surface area contributed by atoms with Gasteiger partial charge < -0.3 is 19.9 Å². The summed E-state index contributed by atoms with van der Waals surface area (Å²) in [5.41, 5.74) is 1.01. The van der Waals surface area contributed by atoms with Crippen LogP contribution >= 0.6 is 11.6 Å². The van der Waals surface area contributed by atoms with E-state index in [9.17, 15) is 9.59 Å². The van der Waals surface area contributed by atoms with Crippen LogP contribution in [0.5, 0.6) is 5.75 Å². The fourth-order valence-electron chi connectivity index (χ4n) is 1.90. The zero-order chi connectivity index (χ0) is 18.1. The highest BCUT2D eigenvalue weighted by molar-refractivity contribution is 6.30. The van der Waals surface area contributed by atoms with Crippen molar-refractivity contribution in [3.8, 4) is 5.75 Å². The fraction of sp³-hybridized carbons (Fsp3) is 0.222. The van der Waals surface area contributed by atoms with Gasteiger partial charge in [0.05, 0.1) is 18.7 Å². The summed E-state index contributed by atoms with van der Waals surface area (Å²) in [6.07, 6.45) is 0. The van der Waals surface area contributed by atoms with E-state index in [1.54, 1.807) is 36.4 Å². The molecule has 6 nitrogen and oxygen atoms in total. The van der Waals surface area contributed by atoms with E-state index in [0.717, 1.165) is 0 Å². The van der Waals surface area contributed by atoms with Crippen LogP contribution in [0.2, 0.25) is 5.02 Å². The number of hydrogen-bond acceptors (Lipinski definition) is 5. The molecule has 0 heterocycles. The van der Waals surface area contributed by atoms with Crippen LogP contribution in [-0.2, 0) is 16.1 Å². The quantitative estimate of drug-likeness (QED) is 0.554. The minimum absolute atomic E-state index is 0.101. The maximum Gasteiger partial charge on any atom is 0.338 e. The van der Waals surface area contributed by atoms with Crippen molar-refractivity contribution in [3.05, 3.63) is 64.7 Å². The van der Waals surface area contributed by atoms with Gasteiger partial charge in [0.15, 0.2) is 6.61 Å². The molecule has 2 N–H and O–H groups in total. The lowest BCUT2D eigenvalue weighted by Crippen LogP contribution is -2.32. The molecule has 0 saturated carbocycles. The lowest BCUT2D eigenvalue weighted by atomic mass is 10.1. The highest BCUT2D eigenvalue weighted by atomic mass is 35.5. The first-order chi connectivity index (χ1) is 12.1. The van der Waals surface area contributed by atoms with E-state index >= 15 is 0 Å². The SMILES string of the molecule is O=C(COC(=O)c1ccc(CO)cc1)NCCOc1ccc(Cl)cc1. The van der Waals surface area contributed by atoms with Gasteiger partial charge in [0.1, 0.15) is 12.4 Å². The zero-order valence-electron chi connectivity index (χ0n) is 13.4. The van der Waals surface area contributed by atoms with Gasteiger partial charge in [-0.2, -0.15) is 0 Å². The number of amides is 1. The van der Waals surface area contributed by atoms with Gasteiger partial charge in [-0.1, -0.05) is 23.7 Å². The van der Waals surface area contributed by atoms with Gasteiger partial charge in [0, 0.05) is 5.02 Å². The Labute approximate surface area is 150 Å². The van der Waals surface area contributed by atoms with Crippen LogP contribution in [0.25, 0.3) is 0 Å². The molecule has 2 aromatic carbocycles. The average Bonchev–Trinajstić information content (AvgIpc) is 2.64. The average molecular weight is 364 g/mol. The van der Waals surface area contributed by atoms with Crippen LogP contribution in [0.15, 0.2) is 48.5 Å². The lowest BCUT2D eigenvalue weighted by Gasteiger charge is -2.08. The second-order valence-electron chi connectivity index (χ2n) is 5.08. The van der Waals surface area contributed by atoms with Crippen molar-refractivity contribution in [2.75, 3.05) is 19.8 Å². The number of ether oxygens (including phenoxy) is 2. The number of esters is 1. The van der Waals surface area contributed by atoms with Crippen molar-refractivity contribution >= 4 is 23.5 Å². The van der Waals surface area contributed by atoms with Crippen molar-refractivity contribution in [1.82, 2.24) is 5.32 Å². The summed E-state index contributed by atoms with van der Waals surface area (Å²) in [5.74, 6) is -0.367. The summed E-state index contributed by atoms with van der Waals surface area (Å²) < 4.78 is 10.3. The van der Waals surface area contributed by atoms with Crippen LogP contribution in [-0.4, -0.2) is 36.7 Å². The van der Waals surface area contributed by atoms with E-state index in [0.29, 0.717) is 21.9 Å². The maximum atomic E-state index is 11.8. The van der Waals surface area contributed by atoms with E-state index in [1.165, 1.54) is 12.1 Å². The van der Waals surface area contributed by atoms with Crippen LogP contribution < -0.4 is 10.1 Å². The fourth-order valence-corrected chi connectivity index (χ4v) is 2.03. The molecular formula is C18H18ClNO5. The molecule has 0 aliphatic heterocycles. The molecule has 0 aliphatic carbocycles. The van der Waals surface area contributed by atoms with Gasteiger partial charge in [-0.15, -0.1) is 0 Å². The monoisotopic (exact) mass is 363 g/mol. The standard InChI is InChI=1S/C18H18ClNO5/c19-15-5-7-16(8-6-15)24-10-9-20-17(22)12-25-18(23)14-3-1-13(11-21)2-4-14/h1-8,21H,9-12H2,(H,20,22). The first kappa shape index (κ1) is 18.8. The molecule has 1 amide bonds. The van der Waals surface area contributed by atoms with Crippen LogP contribution in [0.4, 0.5) is 0 Å². The molecule has 0 aromatic heterocycles. The molecule has 0 spiro atoms. The summed E-state index contributed by atoms with van der Waals surface area (Å²) in [7, 11) is 0. The molecule has 7 heteroatoms. The normalized spacial score (nSPS) is 10.2. The molecule has 0 atom stereocenters. The molecule has 0 unspecified atom stereocenters. The van der Waals surface area contributed by atoms with E-state index in [4.69, 9.17) is 26.2 Å². The number of nitrogens with one attached hydrogen (secondary N) is 1. The van der Waals surface area contributed by atoms with Gasteiger partial charge in [0.25, 0.3) is 5.91 Å². The van der Waals surface area contributed by atoms with Crippen LogP contribution in [0.1, 0.15) is 15.9 Å². The maximum absolute atomic E-state index is 11.8. The number of hydrogen-bond donors (Lipinski definition) is 2. The van der Waals surface area contributed by atoms with Gasteiger partial charge in [-0.25, -0.2) is 4.79 Å². The molecule has 0 saturated heterocycles. The number of benzene rings is 2. The number of carbonyl (C=O) groups is 2. The first-order valence-electron chi connectivity index (χ1n) is 7.60. The number of aliphatic hydroxyl groups is 1. The predicted molar refractivity (Wildman–Crippen MR) is 92.6 cm³/mol. The third kappa shape index (κ3) is 6.45. The molecule has 2 rings (SSSR count). The summed E-state index contributed by atoms with van der Waals surface area (Å²) >= 11 is 5.77. The van der Waals surface area contributed by atoms with Gasteiger partial charge >= 0.3 is 5.97 Å². The zero-order valence-corrected chi connectivity index (χ0v) is 14.2. The molecule has 132 valence electrons. The summed E-state index contributed by atoms with van der Waals surface area (Å²) in [6, 6.07) is 13.2. The summed E-state index contributed by atoms with van der Waals surface area (Å²) in [6.45, 7) is 0.0888. The Morgan fingerprint density at radius 3 is 2.36 bits per heavy atom. The molecule has 0 aliphatic rings. The molecule has 0 fully saturated rings. The third-order valence-corrected chi connectivity index (χ3v) is 3.47. The van der Waals surface area contributed by atoms with Gasteiger partial charge in [-0.05, 0) is 42.0 Å². The van der Waals surface area contributed by atoms with Crippen molar-refractivity contribution < 1.29 is 24.2 Å². The Morgan fingerprint density at radius 2 is 1.72 bits per heavy atom. The van der Waals surface area contributed by atoms with Crippen molar-refractivity contribution in [2.45, 2.75) is 6.61 Å². The second kappa shape index (κ2) is 9.66. The highest BCUT2D eigenvalue weighted by Crippen LogP contribution is 2.15. The number of halogens is 1. The topological polar surface area (TPSA) is 84.9 Å². The first-order valence-corrected chi connectivity index (χ1v) is 7.98. The smallest absolute Gasteiger partial charge is 0.338 e. The molecule has 25 heavy (non-hydrogen) atoms. The molecule has 0 radical (unpaired) electrons. The third-order valence-electron chi connectivity index (χ3n) is 3.21. The molecular weight excluding hydrogens is 346 g/mol. The van der Waals surface area contributed by atoms with Crippen molar-refractivity contribution in [2.24, 2.45) is 0 Å². The van der Waals surface area contributed by atoms with E-state index in [-0.39, 0.29) is 26.4 Å². The van der Waals surface area contributed by atoms with Crippen LogP contribution in [0, 0.1) is 0 Å². The predicted octanol–water partition coefficient (Wildman–Crippen LogP) is 2.18. The number of aliphatic hydroxyl groups excluding tert-OH is 1. The Hall–Kier alpha value is -2.57. The Bertz CT molecular complexity index is 700. The van der Waals surface area contributed by atoms with E-state index in [1.807, 2.05) is 0 Å². The van der Waals surface area contributed by atoms with Gasteiger partial charge in [-0.3, -0.25) is 4.79 Å². The minimum atomic E-state index is -0.600. The summed E-state index contributed by atoms with van der Waals surface area (Å²) in [5, 5.41) is 12.2. The second-order valence-corrected chi connectivity index (χ2v) is 5.52. The van der Waals surface area contributed by atoms with E-state index in [2.05, 4.69) is 5.32 Å². The molecule has 0 bridgehead atoms. The Kier molecular flexibility index (Phi) is 7.25. The van der Waals surface area contributed by atoms with Crippen molar-refractivity contribution in [1.29, 1.82) is 0 Å². The Morgan fingerprint density at radius 1 is 1.04 bits per heavy atom.